The third-order valence-electron chi connectivity index (χ3n) is 2.69. The normalized spacial score (nSPS) is 27.2. The summed E-state index contributed by atoms with van der Waals surface area (Å²) in [6, 6.07) is 0. The Kier molecular flexibility index (Phi) is 1.42. The van der Waals surface area contributed by atoms with E-state index in [4.69, 9.17) is 0 Å². The van der Waals surface area contributed by atoms with E-state index in [0.29, 0.717) is 0 Å². The fourth-order valence-corrected chi connectivity index (χ4v) is 2.04. The van der Waals surface area contributed by atoms with Gasteiger partial charge >= 0.3 is 0 Å². The van der Waals surface area contributed by atoms with Crippen molar-refractivity contribution in [3.8, 4) is 0 Å². The second-order valence-electron chi connectivity index (χ2n) is 3.56. The molecule has 3 nitrogen and oxygen atoms in total. The third kappa shape index (κ3) is 1.03. The molecule has 0 aromatic carbocycles. The van der Waals surface area contributed by atoms with E-state index in [-0.39, 0.29) is 11.6 Å². The fourth-order valence-electron chi connectivity index (χ4n) is 2.04. The molecule has 1 saturated carbocycles. The van der Waals surface area contributed by atoms with Crippen LogP contribution in [0.3, 0.4) is 0 Å². The molecule has 2 fully saturated rings. The zero-order chi connectivity index (χ0) is 7.90. The van der Waals surface area contributed by atoms with Gasteiger partial charge < -0.3 is 0 Å². The van der Waals surface area contributed by atoms with Gasteiger partial charge in [-0.05, 0) is 25.7 Å². The zero-order valence-electron chi connectivity index (χ0n) is 6.89. The molecule has 2 aliphatic rings. The number of nitrogens with zero attached hydrogens (tertiary/aromatic N) is 1. The van der Waals surface area contributed by atoms with E-state index in [1.165, 1.54) is 19.3 Å². The van der Waals surface area contributed by atoms with Gasteiger partial charge in [0.05, 0.1) is 0 Å². The molecule has 1 spiro atoms. The van der Waals surface area contributed by atoms with E-state index in [1.807, 2.05) is 0 Å². The molecule has 0 atom stereocenters. The van der Waals surface area contributed by atoms with Gasteiger partial charge in [-0.1, -0.05) is 6.42 Å². The van der Waals surface area contributed by atoms with Gasteiger partial charge in [-0.25, -0.2) is 5.43 Å². The van der Waals surface area contributed by atoms with Crippen molar-refractivity contribution in [1.29, 1.82) is 0 Å². The van der Waals surface area contributed by atoms with Crippen molar-refractivity contribution < 1.29 is 4.79 Å². The highest BCUT2D eigenvalue weighted by Gasteiger charge is 2.53. The Labute approximate surface area is 66.7 Å². The van der Waals surface area contributed by atoms with E-state index >= 15 is 0 Å². The van der Waals surface area contributed by atoms with Crippen LogP contribution in [-0.4, -0.2) is 16.6 Å². The summed E-state index contributed by atoms with van der Waals surface area (Å²) in [7, 11) is 0. The molecule has 1 saturated heterocycles. The molecule has 1 amide bonds. The maximum Gasteiger partial charge on any atom is 0.235 e. The number of hydrazine groups is 1. The van der Waals surface area contributed by atoms with Gasteiger partial charge in [0.25, 0.3) is 0 Å². The third-order valence-corrected chi connectivity index (χ3v) is 2.69. The van der Waals surface area contributed by atoms with Gasteiger partial charge in [-0.15, -0.1) is 0 Å². The molecule has 0 radical (unpaired) electrons. The Bertz CT molecular complexity index is 185. The second kappa shape index (κ2) is 2.21. The summed E-state index contributed by atoms with van der Waals surface area (Å²) in [5.41, 5.74) is 3.27. The Morgan fingerprint density at radius 2 is 2.00 bits per heavy atom. The maximum absolute atomic E-state index is 10.9. The first kappa shape index (κ1) is 7.10. The highest BCUT2D eigenvalue weighted by atomic mass is 16.2. The van der Waals surface area contributed by atoms with Crippen molar-refractivity contribution in [2.24, 2.45) is 0 Å². The van der Waals surface area contributed by atoms with Crippen LogP contribution in [0.1, 0.15) is 39.0 Å². The molecule has 1 aliphatic heterocycles. The van der Waals surface area contributed by atoms with Crippen molar-refractivity contribution in [1.82, 2.24) is 10.4 Å². The number of hydrogen-bond acceptors (Lipinski definition) is 2. The quantitative estimate of drug-likeness (QED) is 0.529. The van der Waals surface area contributed by atoms with Crippen LogP contribution >= 0.6 is 0 Å². The van der Waals surface area contributed by atoms with Crippen LogP contribution in [0, 0.1) is 0 Å². The number of hydrogen-bond donors (Lipinski definition) is 1. The summed E-state index contributed by atoms with van der Waals surface area (Å²) in [5, 5.41) is 1.78. The Hall–Kier alpha value is -0.570. The smallest absolute Gasteiger partial charge is 0.235 e. The molecule has 0 bridgehead atoms. The van der Waals surface area contributed by atoms with E-state index in [2.05, 4.69) is 5.43 Å². The van der Waals surface area contributed by atoms with Gasteiger partial charge in [-0.3, -0.25) is 9.80 Å². The standard InChI is InChI=1S/C8H14N2O/c1-7(11)10-8(9-10)5-3-2-4-6-8/h9H,2-6H2,1H3. The predicted molar refractivity (Wildman–Crippen MR) is 41.5 cm³/mol. The maximum atomic E-state index is 10.9. The summed E-state index contributed by atoms with van der Waals surface area (Å²) in [6.45, 7) is 1.62. The summed E-state index contributed by atoms with van der Waals surface area (Å²) < 4.78 is 0. The monoisotopic (exact) mass is 154 g/mol. The lowest BCUT2D eigenvalue weighted by atomic mass is 9.92. The first-order valence-corrected chi connectivity index (χ1v) is 4.33. The lowest BCUT2D eigenvalue weighted by Gasteiger charge is -2.18. The number of nitrogens with one attached hydrogen (secondary N) is 1. The van der Waals surface area contributed by atoms with Gasteiger partial charge in [0.15, 0.2) is 0 Å². The lowest BCUT2D eigenvalue weighted by molar-refractivity contribution is -0.125. The van der Waals surface area contributed by atoms with Crippen LogP contribution in [-0.2, 0) is 4.79 Å². The van der Waals surface area contributed by atoms with Crippen LogP contribution in [0.15, 0.2) is 0 Å². The van der Waals surface area contributed by atoms with Gasteiger partial charge in [-0.2, -0.15) is 0 Å². The minimum Gasteiger partial charge on any atom is -0.274 e. The molecule has 0 aromatic heterocycles. The Balaban J connectivity index is 1.99. The molecule has 0 unspecified atom stereocenters. The van der Waals surface area contributed by atoms with Crippen LogP contribution in [0.5, 0.6) is 0 Å². The average Bonchev–Trinajstić information content (AvgIpc) is 2.66. The van der Waals surface area contributed by atoms with Crippen LogP contribution in [0.25, 0.3) is 0 Å². The van der Waals surface area contributed by atoms with Crippen molar-refractivity contribution in [2.75, 3.05) is 0 Å². The van der Waals surface area contributed by atoms with Crippen molar-refractivity contribution in [2.45, 2.75) is 44.7 Å². The van der Waals surface area contributed by atoms with E-state index in [9.17, 15) is 4.79 Å². The first-order chi connectivity index (χ1) is 5.25. The summed E-state index contributed by atoms with van der Waals surface area (Å²) >= 11 is 0. The highest BCUT2D eigenvalue weighted by molar-refractivity contribution is 5.76. The molecule has 2 rings (SSSR count). The topological polar surface area (TPSA) is 42.0 Å². The number of carbonyl (C=O) groups excluding carboxylic acids is 1. The molecular weight excluding hydrogens is 140 g/mol. The van der Waals surface area contributed by atoms with Crippen LogP contribution in [0.4, 0.5) is 0 Å². The molecule has 11 heavy (non-hydrogen) atoms. The zero-order valence-corrected chi connectivity index (χ0v) is 6.89. The minimum absolute atomic E-state index is 0.101. The molecule has 62 valence electrons. The number of rotatable bonds is 0. The summed E-state index contributed by atoms with van der Waals surface area (Å²) in [4.78, 5) is 10.9. The van der Waals surface area contributed by atoms with Crippen molar-refractivity contribution >= 4 is 5.91 Å². The van der Waals surface area contributed by atoms with Crippen LogP contribution in [0.2, 0.25) is 0 Å². The molecule has 1 aliphatic carbocycles. The van der Waals surface area contributed by atoms with Crippen LogP contribution < -0.4 is 5.43 Å². The average molecular weight is 154 g/mol. The van der Waals surface area contributed by atoms with E-state index in [0.717, 1.165) is 12.8 Å². The lowest BCUT2D eigenvalue weighted by Crippen LogP contribution is -2.24. The molecular formula is C8H14N2O. The first-order valence-electron chi connectivity index (χ1n) is 4.33. The SMILES string of the molecule is CC(=O)N1NC12CCCCC2. The molecule has 1 heterocycles. The van der Waals surface area contributed by atoms with E-state index < -0.39 is 0 Å². The predicted octanol–water partition coefficient (Wildman–Crippen LogP) is 1.01. The molecule has 3 heteroatoms. The van der Waals surface area contributed by atoms with Crippen molar-refractivity contribution in [3.05, 3.63) is 0 Å². The minimum atomic E-state index is 0.101. The van der Waals surface area contributed by atoms with Crippen molar-refractivity contribution in [3.63, 3.8) is 0 Å². The number of carbonyl (C=O) groups is 1. The van der Waals surface area contributed by atoms with E-state index in [1.54, 1.807) is 11.9 Å². The second-order valence-corrected chi connectivity index (χ2v) is 3.56. The summed E-state index contributed by atoms with van der Waals surface area (Å²) in [5.74, 6) is 0.159. The molecule has 1 N–H and O–H groups in total. The largest absolute Gasteiger partial charge is 0.274 e. The number of amides is 1. The Morgan fingerprint density at radius 1 is 1.36 bits per heavy atom. The fraction of sp³-hybridized carbons (Fsp3) is 0.875. The highest BCUT2D eigenvalue weighted by Crippen LogP contribution is 2.39. The summed E-state index contributed by atoms with van der Waals surface area (Å²) in [6.07, 6.45) is 6.14. The van der Waals surface area contributed by atoms with Gasteiger partial charge in [0, 0.05) is 6.92 Å². The molecule has 0 aromatic rings. The van der Waals surface area contributed by atoms with Gasteiger partial charge in [0.2, 0.25) is 5.91 Å². The Morgan fingerprint density at radius 3 is 2.45 bits per heavy atom. The van der Waals surface area contributed by atoms with Gasteiger partial charge in [0.1, 0.15) is 5.66 Å².